The van der Waals surface area contributed by atoms with Gasteiger partial charge in [-0.15, -0.1) is 11.3 Å². The first kappa shape index (κ1) is 18.2. The van der Waals surface area contributed by atoms with Crippen molar-refractivity contribution in [3.8, 4) is 11.1 Å². The predicted octanol–water partition coefficient (Wildman–Crippen LogP) is 5.45. The summed E-state index contributed by atoms with van der Waals surface area (Å²) in [6.07, 6.45) is 3.43. The molecule has 0 N–H and O–H groups in total. The fraction of sp³-hybridized carbons (Fsp3) is 0.278. The molecule has 2 aromatic heterocycles. The van der Waals surface area contributed by atoms with E-state index in [0.717, 1.165) is 39.2 Å². The molecule has 3 rings (SSSR count). The van der Waals surface area contributed by atoms with E-state index >= 15 is 0 Å². The van der Waals surface area contributed by atoms with Gasteiger partial charge in [-0.25, -0.2) is 9.97 Å². The molecule has 2 heterocycles. The summed E-state index contributed by atoms with van der Waals surface area (Å²) in [7, 11) is 0. The number of fused-ring (bicyclic) bond motifs is 1. The van der Waals surface area contributed by atoms with E-state index in [1.54, 1.807) is 11.3 Å². The van der Waals surface area contributed by atoms with Gasteiger partial charge in [-0.3, -0.25) is 4.79 Å². The van der Waals surface area contributed by atoms with Crippen molar-refractivity contribution in [2.75, 3.05) is 12.4 Å². The molecule has 1 aromatic carbocycles. The molecule has 130 valence electrons. The van der Waals surface area contributed by atoms with Crippen LogP contribution in [0.5, 0.6) is 0 Å². The maximum absolute atomic E-state index is 11.9. The number of benzene rings is 1. The lowest BCUT2D eigenvalue weighted by Gasteiger charge is -2.06. The molecule has 0 radical (unpaired) electrons. The summed E-state index contributed by atoms with van der Waals surface area (Å²) in [6.45, 7) is 2.54. The molecule has 0 saturated heterocycles. The van der Waals surface area contributed by atoms with Gasteiger partial charge >= 0.3 is 5.97 Å². The molecule has 0 bridgehead atoms. The van der Waals surface area contributed by atoms with Crippen molar-refractivity contribution in [3.63, 3.8) is 0 Å². The summed E-state index contributed by atoms with van der Waals surface area (Å²) in [6, 6.07) is 7.68. The molecule has 3 aromatic rings. The van der Waals surface area contributed by atoms with Crippen LogP contribution in [0.15, 0.2) is 41.0 Å². The van der Waals surface area contributed by atoms with Gasteiger partial charge in [0.05, 0.1) is 17.7 Å². The maximum Gasteiger partial charge on any atom is 0.316 e. The smallest absolute Gasteiger partial charge is 0.316 e. The normalized spacial score (nSPS) is 11.0. The van der Waals surface area contributed by atoms with Crippen LogP contribution in [0.25, 0.3) is 21.3 Å². The number of nitrogens with zero attached hydrogens (tertiary/aromatic N) is 2. The van der Waals surface area contributed by atoms with E-state index in [1.165, 1.54) is 18.1 Å². The van der Waals surface area contributed by atoms with Gasteiger partial charge in [0.2, 0.25) is 0 Å². The monoisotopic (exact) mass is 392 g/mol. The van der Waals surface area contributed by atoms with Crippen LogP contribution >= 0.6 is 34.7 Å². The Morgan fingerprint density at radius 2 is 2.08 bits per heavy atom. The highest BCUT2D eigenvalue weighted by atomic mass is 35.5. The van der Waals surface area contributed by atoms with Crippen molar-refractivity contribution in [2.45, 2.75) is 24.8 Å². The molecule has 0 amide bonds. The molecule has 25 heavy (non-hydrogen) atoms. The van der Waals surface area contributed by atoms with Crippen molar-refractivity contribution < 1.29 is 9.53 Å². The highest BCUT2D eigenvalue weighted by molar-refractivity contribution is 8.00. The van der Waals surface area contributed by atoms with E-state index in [-0.39, 0.29) is 11.7 Å². The Bertz CT molecular complexity index is 865. The predicted molar refractivity (Wildman–Crippen MR) is 104 cm³/mol. The zero-order valence-corrected chi connectivity index (χ0v) is 16.1. The van der Waals surface area contributed by atoms with Gasteiger partial charge in [0.1, 0.15) is 16.2 Å². The van der Waals surface area contributed by atoms with E-state index in [0.29, 0.717) is 11.6 Å². The molecule has 4 nitrogen and oxygen atoms in total. The number of unbranched alkanes of at least 4 members (excludes halogenated alkanes) is 1. The number of halogens is 1. The average Bonchev–Trinajstić information content (AvgIpc) is 3.05. The third-order valence-electron chi connectivity index (χ3n) is 3.58. The number of esters is 1. The number of thioether (sulfide) groups is 1. The molecule has 0 atom stereocenters. The van der Waals surface area contributed by atoms with Crippen LogP contribution in [0.2, 0.25) is 5.02 Å². The quantitative estimate of drug-likeness (QED) is 0.231. The van der Waals surface area contributed by atoms with Gasteiger partial charge in [-0.2, -0.15) is 0 Å². The van der Waals surface area contributed by atoms with Crippen LogP contribution < -0.4 is 0 Å². The standard InChI is InChI=1S/C18H17ClN2O2S2/c1-2-3-8-23-15(22)10-25-18-16-14(9-24-17(16)20-11-21-18)12-4-6-13(19)7-5-12/h4-7,9,11H,2-3,8,10H2,1H3. The molecule has 7 heteroatoms. The lowest BCUT2D eigenvalue weighted by atomic mass is 10.1. The second kappa shape index (κ2) is 8.65. The number of carbonyl (C=O) groups is 1. The topological polar surface area (TPSA) is 52.1 Å². The third kappa shape index (κ3) is 4.51. The second-order valence-corrected chi connectivity index (χ2v) is 7.64. The Morgan fingerprint density at radius 3 is 2.84 bits per heavy atom. The lowest BCUT2D eigenvalue weighted by Crippen LogP contribution is -2.08. The number of carbonyl (C=O) groups excluding carboxylic acids is 1. The van der Waals surface area contributed by atoms with Gasteiger partial charge in [0.25, 0.3) is 0 Å². The van der Waals surface area contributed by atoms with Gasteiger partial charge < -0.3 is 4.74 Å². The highest BCUT2D eigenvalue weighted by Crippen LogP contribution is 2.38. The molecular formula is C18H17ClN2O2S2. The van der Waals surface area contributed by atoms with Crippen molar-refractivity contribution >= 4 is 50.9 Å². The van der Waals surface area contributed by atoms with E-state index in [4.69, 9.17) is 16.3 Å². The molecule has 0 aliphatic carbocycles. The van der Waals surface area contributed by atoms with Crippen molar-refractivity contribution in [2.24, 2.45) is 0 Å². The molecule has 0 saturated carbocycles. The van der Waals surface area contributed by atoms with Crippen molar-refractivity contribution in [1.29, 1.82) is 0 Å². The maximum atomic E-state index is 11.9. The fourth-order valence-electron chi connectivity index (χ4n) is 2.30. The number of rotatable bonds is 7. The molecule has 0 aliphatic rings. The van der Waals surface area contributed by atoms with Crippen LogP contribution in [-0.4, -0.2) is 28.3 Å². The zero-order chi connectivity index (χ0) is 17.6. The first-order valence-corrected chi connectivity index (χ1v) is 10.2. The summed E-state index contributed by atoms with van der Waals surface area (Å²) in [5, 5.41) is 4.53. The van der Waals surface area contributed by atoms with Gasteiger partial charge in [-0.05, 0) is 24.1 Å². The van der Waals surface area contributed by atoms with E-state index in [2.05, 4.69) is 22.3 Å². The minimum atomic E-state index is -0.214. The fourth-order valence-corrected chi connectivity index (χ4v) is 4.22. The Kier molecular flexibility index (Phi) is 6.29. The summed E-state index contributed by atoms with van der Waals surface area (Å²) < 4.78 is 5.21. The average molecular weight is 393 g/mol. The number of aromatic nitrogens is 2. The molecular weight excluding hydrogens is 376 g/mol. The SMILES string of the molecule is CCCCOC(=O)CSc1ncnc2scc(-c3ccc(Cl)cc3)c12. The van der Waals surface area contributed by atoms with Crippen molar-refractivity contribution in [3.05, 3.63) is 41.0 Å². The number of hydrogen-bond acceptors (Lipinski definition) is 6. The summed E-state index contributed by atoms with van der Waals surface area (Å²) >= 11 is 8.93. The number of ether oxygens (including phenoxy) is 1. The van der Waals surface area contributed by atoms with Crippen molar-refractivity contribution in [1.82, 2.24) is 9.97 Å². The first-order valence-electron chi connectivity index (χ1n) is 7.95. The molecule has 0 aliphatic heterocycles. The Morgan fingerprint density at radius 1 is 1.28 bits per heavy atom. The Hall–Kier alpha value is -1.63. The summed E-state index contributed by atoms with van der Waals surface area (Å²) in [4.78, 5) is 21.5. The highest BCUT2D eigenvalue weighted by Gasteiger charge is 2.15. The van der Waals surface area contributed by atoms with Crippen LogP contribution in [0, 0.1) is 0 Å². The third-order valence-corrected chi connectivity index (χ3v) is 5.68. The molecule has 0 unspecified atom stereocenters. The van der Waals surface area contributed by atoms with Crippen LogP contribution in [0.3, 0.4) is 0 Å². The number of thiophene rings is 1. The molecule has 0 fully saturated rings. The zero-order valence-electron chi connectivity index (χ0n) is 13.7. The van der Waals surface area contributed by atoms with Gasteiger partial charge in [0.15, 0.2) is 0 Å². The minimum Gasteiger partial charge on any atom is -0.465 e. The minimum absolute atomic E-state index is 0.214. The largest absolute Gasteiger partial charge is 0.465 e. The molecule has 0 spiro atoms. The van der Waals surface area contributed by atoms with E-state index < -0.39 is 0 Å². The second-order valence-electron chi connectivity index (χ2n) is 5.38. The number of hydrogen-bond donors (Lipinski definition) is 0. The Labute approximate surface area is 159 Å². The van der Waals surface area contributed by atoms with Crippen LogP contribution in [0.4, 0.5) is 0 Å². The summed E-state index contributed by atoms with van der Waals surface area (Å²) in [5.41, 5.74) is 2.11. The summed E-state index contributed by atoms with van der Waals surface area (Å²) in [5.74, 6) is 0.0274. The van der Waals surface area contributed by atoms with Gasteiger partial charge in [-0.1, -0.05) is 48.8 Å². The van der Waals surface area contributed by atoms with Crippen LogP contribution in [-0.2, 0) is 9.53 Å². The first-order chi connectivity index (χ1) is 12.2. The van der Waals surface area contributed by atoms with Gasteiger partial charge in [0, 0.05) is 16.0 Å². The Balaban J connectivity index is 1.82. The lowest BCUT2D eigenvalue weighted by molar-refractivity contribution is -0.140. The van der Waals surface area contributed by atoms with E-state index in [1.807, 2.05) is 24.3 Å². The van der Waals surface area contributed by atoms with Crippen LogP contribution in [0.1, 0.15) is 19.8 Å². The van der Waals surface area contributed by atoms with E-state index in [9.17, 15) is 4.79 Å².